The fourth-order valence-corrected chi connectivity index (χ4v) is 4.01. The molecule has 3 rings (SSSR count). The Morgan fingerprint density at radius 3 is 2.79 bits per heavy atom. The monoisotopic (exact) mass is 483 g/mol. The van der Waals surface area contributed by atoms with Crippen molar-refractivity contribution in [2.24, 2.45) is 10.9 Å². The van der Waals surface area contributed by atoms with Gasteiger partial charge in [0.05, 0.1) is 31.0 Å². The SMILES string of the molecule is CCOC(=O)C1(C)COC(N2CC[C@H](NC(=O)c3nc(Cl)c(CC)[nH]3)[C@H](OCC(C)C)C2)=N1. The number of aryl methyl sites for hydroxylation is 1. The first-order valence-electron chi connectivity index (χ1n) is 11.5. The lowest BCUT2D eigenvalue weighted by Crippen LogP contribution is -2.56. The Morgan fingerprint density at radius 1 is 1.39 bits per heavy atom. The van der Waals surface area contributed by atoms with E-state index in [4.69, 9.17) is 25.8 Å². The molecule has 0 radical (unpaired) electrons. The number of carbonyl (C=O) groups excluding carboxylic acids is 2. The molecule has 0 aliphatic carbocycles. The number of carbonyl (C=O) groups is 2. The molecule has 1 fully saturated rings. The highest BCUT2D eigenvalue weighted by atomic mass is 35.5. The predicted octanol–water partition coefficient (Wildman–Crippen LogP) is 2.18. The summed E-state index contributed by atoms with van der Waals surface area (Å²) in [5.41, 5.74) is -0.328. The molecular formula is C22H34ClN5O5. The average molecular weight is 484 g/mol. The maximum atomic E-state index is 12.8. The van der Waals surface area contributed by atoms with E-state index in [2.05, 4.69) is 34.1 Å². The van der Waals surface area contributed by atoms with E-state index in [1.807, 2.05) is 11.8 Å². The zero-order chi connectivity index (χ0) is 24.2. The molecule has 1 amide bonds. The molecular weight excluding hydrogens is 450 g/mol. The van der Waals surface area contributed by atoms with Gasteiger partial charge < -0.3 is 29.4 Å². The number of aromatic amines is 1. The van der Waals surface area contributed by atoms with Crippen LogP contribution >= 0.6 is 11.6 Å². The van der Waals surface area contributed by atoms with Gasteiger partial charge in [-0.1, -0.05) is 32.4 Å². The van der Waals surface area contributed by atoms with Gasteiger partial charge in [0.2, 0.25) is 0 Å². The van der Waals surface area contributed by atoms with E-state index in [9.17, 15) is 9.59 Å². The standard InChI is InChI=1S/C22H34ClN5O5/c1-6-14-17(23)26-18(24-14)19(29)25-15-8-9-28(10-16(15)32-11-13(3)4)21-27-22(5,12-33-21)20(30)31-7-2/h13,15-16H,6-12H2,1-5H3,(H,24,26)(H,25,29)/t15-,16+,22?/m0/s1. The number of amidine groups is 1. The molecule has 1 aromatic heterocycles. The largest absolute Gasteiger partial charge is 0.464 e. The van der Waals surface area contributed by atoms with Crippen LogP contribution in [0.15, 0.2) is 4.99 Å². The number of aromatic nitrogens is 2. The summed E-state index contributed by atoms with van der Waals surface area (Å²) in [6.45, 7) is 11.6. The number of imidazole rings is 1. The molecule has 11 heteroatoms. The summed E-state index contributed by atoms with van der Waals surface area (Å²) in [7, 11) is 0. The second-order valence-corrected chi connectivity index (χ2v) is 9.32. The van der Waals surface area contributed by atoms with Gasteiger partial charge in [-0.05, 0) is 32.6 Å². The van der Waals surface area contributed by atoms with E-state index in [-0.39, 0.29) is 37.1 Å². The maximum Gasteiger partial charge on any atom is 0.337 e. The van der Waals surface area contributed by atoms with Gasteiger partial charge in [0.15, 0.2) is 16.5 Å². The number of hydrogen-bond donors (Lipinski definition) is 2. The first-order valence-corrected chi connectivity index (χ1v) is 11.9. The molecule has 0 saturated carbocycles. The zero-order valence-corrected chi connectivity index (χ0v) is 20.7. The fourth-order valence-electron chi connectivity index (χ4n) is 3.74. The molecule has 2 N–H and O–H groups in total. The molecule has 2 aliphatic heterocycles. The number of piperidine rings is 1. The molecule has 2 aliphatic rings. The summed E-state index contributed by atoms with van der Waals surface area (Å²) in [4.78, 5) is 38.7. The molecule has 1 unspecified atom stereocenters. The van der Waals surface area contributed by atoms with Crippen molar-refractivity contribution >= 4 is 29.5 Å². The van der Waals surface area contributed by atoms with Crippen LogP contribution < -0.4 is 5.32 Å². The Labute approximate surface area is 199 Å². The fraction of sp³-hybridized carbons (Fsp3) is 0.727. The minimum Gasteiger partial charge on any atom is -0.464 e. The summed E-state index contributed by atoms with van der Waals surface area (Å²) in [6.07, 6.45) is 0.980. The van der Waals surface area contributed by atoms with E-state index in [1.165, 1.54) is 0 Å². The number of hydrogen-bond acceptors (Lipinski definition) is 8. The van der Waals surface area contributed by atoms with Crippen LogP contribution in [0.4, 0.5) is 0 Å². The Hall–Kier alpha value is -2.33. The Kier molecular flexibility index (Phi) is 8.23. The van der Waals surface area contributed by atoms with Crippen LogP contribution in [0.1, 0.15) is 57.4 Å². The van der Waals surface area contributed by atoms with E-state index in [1.54, 1.807) is 13.8 Å². The lowest BCUT2D eigenvalue weighted by molar-refractivity contribution is -0.149. The van der Waals surface area contributed by atoms with Gasteiger partial charge >= 0.3 is 5.97 Å². The van der Waals surface area contributed by atoms with Gasteiger partial charge in [-0.3, -0.25) is 4.79 Å². The number of nitrogens with zero attached hydrogens (tertiary/aromatic N) is 3. The van der Waals surface area contributed by atoms with Gasteiger partial charge in [-0.25, -0.2) is 14.8 Å². The van der Waals surface area contributed by atoms with Crippen molar-refractivity contribution in [3.05, 3.63) is 16.7 Å². The van der Waals surface area contributed by atoms with Gasteiger partial charge in [-0.15, -0.1) is 0 Å². The molecule has 184 valence electrons. The molecule has 3 heterocycles. The van der Waals surface area contributed by atoms with Gasteiger partial charge in [-0.2, -0.15) is 0 Å². The number of H-pyrrole nitrogens is 1. The smallest absolute Gasteiger partial charge is 0.337 e. The number of nitrogens with one attached hydrogen (secondary N) is 2. The van der Waals surface area contributed by atoms with Crippen molar-refractivity contribution in [2.75, 3.05) is 32.9 Å². The molecule has 0 bridgehead atoms. The normalized spacial score (nSPS) is 25.1. The Balaban J connectivity index is 1.70. The molecule has 0 aromatic carbocycles. The molecule has 0 spiro atoms. The third-order valence-electron chi connectivity index (χ3n) is 5.63. The molecule has 33 heavy (non-hydrogen) atoms. The van der Waals surface area contributed by atoms with Crippen molar-refractivity contribution < 1.29 is 23.8 Å². The average Bonchev–Trinajstić information content (AvgIpc) is 3.36. The van der Waals surface area contributed by atoms with Crippen molar-refractivity contribution in [3.63, 3.8) is 0 Å². The number of ether oxygens (including phenoxy) is 3. The zero-order valence-electron chi connectivity index (χ0n) is 19.9. The summed E-state index contributed by atoms with van der Waals surface area (Å²) in [5, 5.41) is 3.35. The number of amides is 1. The van der Waals surface area contributed by atoms with Crippen LogP contribution in [0.5, 0.6) is 0 Å². The first kappa shape index (κ1) is 25.3. The Bertz CT molecular complexity index is 889. The molecule has 10 nitrogen and oxygen atoms in total. The lowest BCUT2D eigenvalue weighted by atomic mass is 10.0. The number of esters is 1. The highest BCUT2D eigenvalue weighted by Gasteiger charge is 2.44. The number of likely N-dealkylation sites (tertiary alicyclic amines) is 1. The summed E-state index contributed by atoms with van der Waals surface area (Å²) < 4.78 is 17.1. The highest BCUT2D eigenvalue weighted by Crippen LogP contribution is 2.25. The maximum absolute atomic E-state index is 12.8. The summed E-state index contributed by atoms with van der Waals surface area (Å²) in [6, 6.07) is 0.179. The van der Waals surface area contributed by atoms with Crippen LogP contribution in [0.25, 0.3) is 0 Å². The number of halogens is 1. The molecule has 3 atom stereocenters. The van der Waals surface area contributed by atoms with Crippen LogP contribution in [-0.2, 0) is 25.4 Å². The van der Waals surface area contributed by atoms with Gasteiger partial charge in [0, 0.05) is 13.2 Å². The van der Waals surface area contributed by atoms with E-state index in [0.29, 0.717) is 49.6 Å². The Morgan fingerprint density at radius 2 is 2.15 bits per heavy atom. The van der Waals surface area contributed by atoms with Gasteiger partial charge in [0.25, 0.3) is 11.9 Å². The van der Waals surface area contributed by atoms with E-state index >= 15 is 0 Å². The number of rotatable bonds is 8. The molecule has 1 aromatic rings. The van der Waals surface area contributed by atoms with E-state index in [0.717, 1.165) is 5.69 Å². The van der Waals surface area contributed by atoms with Crippen molar-refractivity contribution in [2.45, 2.75) is 65.1 Å². The van der Waals surface area contributed by atoms with E-state index < -0.39 is 11.5 Å². The second-order valence-electron chi connectivity index (χ2n) is 8.97. The summed E-state index contributed by atoms with van der Waals surface area (Å²) >= 11 is 6.09. The van der Waals surface area contributed by atoms with Crippen LogP contribution in [0.2, 0.25) is 5.15 Å². The highest BCUT2D eigenvalue weighted by molar-refractivity contribution is 6.30. The quantitative estimate of drug-likeness (QED) is 0.544. The third kappa shape index (κ3) is 5.97. The lowest BCUT2D eigenvalue weighted by Gasteiger charge is -2.39. The second kappa shape index (κ2) is 10.7. The van der Waals surface area contributed by atoms with Crippen LogP contribution in [-0.4, -0.2) is 83.4 Å². The van der Waals surface area contributed by atoms with Crippen molar-refractivity contribution in [3.8, 4) is 0 Å². The van der Waals surface area contributed by atoms with Crippen molar-refractivity contribution in [1.29, 1.82) is 0 Å². The third-order valence-corrected chi connectivity index (χ3v) is 5.94. The minimum absolute atomic E-state index is 0.133. The van der Waals surface area contributed by atoms with Crippen LogP contribution in [0.3, 0.4) is 0 Å². The van der Waals surface area contributed by atoms with Crippen LogP contribution in [0, 0.1) is 5.92 Å². The first-order chi connectivity index (χ1) is 15.7. The minimum atomic E-state index is -1.06. The topological polar surface area (TPSA) is 118 Å². The summed E-state index contributed by atoms with van der Waals surface area (Å²) in [5.74, 6) is -0.202. The molecule has 1 saturated heterocycles. The van der Waals surface area contributed by atoms with Gasteiger partial charge in [0.1, 0.15) is 6.61 Å². The van der Waals surface area contributed by atoms with Crippen molar-refractivity contribution in [1.82, 2.24) is 20.2 Å². The predicted molar refractivity (Wildman–Crippen MR) is 123 cm³/mol. The number of aliphatic imine (C=N–C) groups is 1.